The van der Waals surface area contributed by atoms with E-state index in [1.54, 1.807) is 31.2 Å². The van der Waals surface area contributed by atoms with Crippen LogP contribution in [0.4, 0.5) is 5.69 Å². The summed E-state index contributed by atoms with van der Waals surface area (Å²) in [5, 5.41) is 14.0. The summed E-state index contributed by atoms with van der Waals surface area (Å²) in [5.74, 6) is -0.211. The minimum Gasteiger partial charge on any atom is -0.409 e. The summed E-state index contributed by atoms with van der Waals surface area (Å²) in [4.78, 5) is 11.5. The van der Waals surface area contributed by atoms with Crippen molar-refractivity contribution >= 4 is 17.4 Å². The zero-order chi connectivity index (χ0) is 12.8. The molecule has 92 valence electrons. The highest BCUT2D eigenvalue weighted by molar-refractivity contribution is 5.98. The Bertz CT molecular complexity index is 414. The number of ether oxygens (including phenoxy) is 1. The molecule has 1 rings (SSSR count). The number of oxime groups is 1. The Balaban J connectivity index is 2.72. The van der Waals surface area contributed by atoms with E-state index in [2.05, 4.69) is 10.5 Å². The molecule has 1 aromatic rings. The number of carbonyl (C=O) groups excluding carboxylic acids is 1. The van der Waals surface area contributed by atoms with E-state index in [-0.39, 0.29) is 11.7 Å². The number of benzene rings is 1. The van der Waals surface area contributed by atoms with Gasteiger partial charge in [0, 0.05) is 18.4 Å². The van der Waals surface area contributed by atoms with Crippen LogP contribution in [-0.4, -0.2) is 30.2 Å². The number of methoxy groups -OCH3 is 1. The molecule has 0 aliphatic heterocycles. The van der Waals surface area contributed by atoms with Crippen molar-refractivity contribution < 1.29 is 14.7 Å². The number of nitrogens with one attached hydrogen (secondary N) is 1. The largest absolute Gasteiger partial charge is 0.409 e. The van der Waals surface area contributed by atoms with Gasteiger partial charge in [0.1, 0.15) is 6.10 Å². The summed E-state index contributed by atoms with van der Waals surface area (Å²) < 4.78 is 4.88. The van der Waals surface area contributed by atoms with Crippen molar-refractivity contribution in [3.05, 3.63) is 29.8 Å². The Hall–Kier alpha value is -2.08. The van der Waals surface area contributed by atoms with E-state index in [0.717, 1.165) is 0 Å². The quantitative estimate of drug-likeness (QED) is 0.311. The number of anilines is 1. The first-order chi connectivity index (χ1) is 8.08. The minimum absolute atomic E-state index is 0.0214. The first kappa shape index (κ1) is 13.0. The van der Waals surface area contributed by atoms with Crippen molar-refractivity contribution in [1.29, 1.82) is 0 Å². The number of amides is 1. The topological polar surface area (TPSA) is 96.9 Å². The fourth-order valence-electron chi connectivity index (χ4n) is 1.13. The van der Waals surface area contributed by atoms with Gasteiger partial charge >= 0.3 is 0 Å². The predicted molar refractivity (Wildman–Crippen MR) is 64.1 cm³/mol. The van der Waals surface area contributed by atoms with Gasteiger partial charge in [-0.15, -0.1) is 0 Å². The van der Waals surface area contributed by atoms with Crippen molar-refractivity contribution in [1.82, 2.24) is 0 Å². The third-order valence-electron chi connectivity index (χ3n) is 2.28. The van der Waals surface area contributed by atoms with E-state index in [0.29, 0.717) is 11.3 Å². The fraction of sp³-hybridized carbons (Fsp3) is 0.273. The van der Waals surface area contributed by atoms with Gasteiger partial charge in [0.25, 0.3) is 5.91 Å². The van der Waals surface area contributed by atoms with Gasteiger partial charge in [-0.05, 0) is 31.2 Å². The molecule has 0 fully saturated rings. The van der Waals surface area contributed by atoms with Gasteiger partial charge in [0.05, 0.1) is 0 Å². The molecule has 0 saturated heterocycles. The summed E-state index contributed by atoms with van der Waals surface area (Å²) >= 11 is 0. The number of hydrogen-bond acceptors (Lipinski definition) is 4. The van der Waals surface area contributed by atoms with Crippen LogP contribution in [-0.2, 0) is 9.53 Å². The maximum atomic E-state index is 11.5. The second-order valence-corrected chi connectivity index (χ2v) is 3.43. The van der Waals surface area contributed by atoms with Gasteiger partial charge in [0.15, 0.2) is 5.84 Å². The van der Waals surface area contributed by atoms with Crippen LogP contribution >= 0.6 is 0 Å². The van der Waals surface area contributed by atoms with Crippen molar-refractivity contribution in [3.63, 3.8) is 0 Å². The summed E-state index contributed by atoms with van der Waals surface area (Å²) in [6, 6.07) is 6.60. The molecule has 0 aliphatic carbocycles. The molecule has 0 saturated carbocycles. The third-order valence-corrected chi connectivity index (χ3v) is 2.28. The molecule has 1 unspecified atom stereocenters. The van der Waals surface area contributed by atoms with Gasteiger partial charge in [-0.2, -0.15) is 0 Å². The highest BCUT2D eigenvalue weighted by Gasteiger charge is 2.11. The van der Waals surface area contributed by atoms with E-state index in [1.807, 2.05) is 0 Å². The number of nitrogens with zero attached hydrogens (tertiary/aromatic N) is 1. The second-order valence-electron chi connectivity index (χ2n) is 3.43. The van der Waals surface area contributed by atoms with Crippen LogP contribution in [0.1, 0.15) is 12.5 Å². The molecule has 1 atom stereocenters. The molecular weight excluding hydrogens is 222 g/mol. The maximum Gasteiger partial charge on any atom is 0.253 e. The first-order valence-corrected chi connectivity index (χ1v) is 5.00. The zero-order valence-corrected chi connectivity index (χ0v) is 9.68. The smallest absolute Gasteiger partial charge is 0.253 e. The summed E-state index contributed by atoms with van der Waals surface area (Å²) in [6.07, 6.45) is -0.515. The fourth-order valence-corrected chi connectivity index (χ4v) is 1.13. The highest BCUT2D eigenvalue weighted by Crippen LogP contribution is 2.10. The normalized spacial score (nSPS) is 13.2. The average molecular weight is 237 g/mol. The van der Waals surface area contributed by atoms with E-state index in [9.17, 15) is 4.79 Å². The Labute approximate surface area is 99.1 Å². The molecule has 6 nitrogen and oxygen atoms in total. The lowest BCUT2D eigenvalue weighted by molar-refractivity contribution is -0.124. The standard InChI is InChI=1S/C11H15N3O3/c1-7(17-2)11(15)13-9-5-3-8(4-6-9)10(12)14-16/h3-7,16H,1-2H3,(H2,12,14)(H,13,15). The molecule has 0 spiro atoms. The molecule has 0 heterocycles. The molecular formula is C11H15N3O3. The monoisotopic (exact) mass is 237 g/mol. The Morgan fingerprint density at radius 1 is 1.47 bits per heavy atom. The van der Waals surface area contributed by atoms with Gasteiger partial charge in [0.2, 0.25) is 0 Å². The molecule has 4 N–H and O–H groups in total. The number of carbonyl (C=O) groups is 1. The Morgan fingerprint density at radius 3 is 2.53 bits per heavy atom. The van der Waals surface area contributed by atoms with E-state index in [1.165, 1.54) is 7.11 Å². The van der Waals surface area contributed by atoms with E-state index < -0.39 is 6.10 Å². The van der Waals surface area contributed by atoms with Gasteiger partial charge in [-0.1, -0.05) is 5.16 Å². The van der Waals surface area contributed by atoms with Crippen LogP contribution in [0.5, 0.6) is 0 Å². The second kappa shape index (κ2) is 5.86. The molecule has 0 radical (unpaired) electrons. The molecule has 0 bridgehead atoms. The van der Waals surface area contributed by atoms with Crippen LogP contribution < -0.4 is 11.1 Å². The van der Waals surface area contributed by atoms with Crippen molar-refractivity contribution in [3.8, 4) is 0 Å². The van der Waals surface area contributed by atoms with Crippen LogP contribution in [0.15, 0.2) is 29.4 Å². The molecule has 17 heavy (non-hydrogen) atoms. The molecule has 6 heteroatoms. The lowest BCUT2D eigenvalue weighted by atomic mass is 10.2. The van der Waals surface area contributed by atoms with Crippen LogP contribution in [0.25, 0.3) is 0 Å². The zero-order valence-electron chi connectivity index (χ0n) is 9.68. The van der Waals surface area contributed by atoms with E-state index >= 15 is 0 Å². The maximum absolute atomic E-state index is 11.5. The number of rotatable bonds is 4. The minimum atomic E-state index is -0.515. The summed E-state index contributed by atoms with van der Waals surface area (Å²) in [7, 11) is 1.46. The van der Waals surface area contributed by atoms with Crippen LogP contribution in [0.3, 0.4) is 0 Å². The van der Waals surface area contributed by atoms with Gasteiger partial charge in [-0.3, -0.25) is 4.79 Å². The van der Waals surface area contributed by atoms with Crippen molar-refractivity contribution in [2.24, 2.45) is 10.9 Å². The summed E-state index contributed by atoms with van der Waals surface area (Å²) in [6.45, 7) is 1.65. The third kappa shape index (κ3) is 3.46. The Kier molecular flexibility index (Phi) is 4.47. The Morgan fingerprint density at radius 2 is 2.06 bits per heavy atom. The molecule has 1 aromatic carbocycles. The van der Waals surface area contributed by atoms with Crippen molar-refractivity contribution in [2.75, 3.05) is 12.4 Å². The highest BCUT2D eigenvalue weighted by atomic mass is 16.5. The average Bonchev–Trinajstić information content (AvgIpc) is 2.37. The van der Waals surface area contributed by atoms with Crippen LogP contribution in [0, 0.1) is 0 Å². The number of amidine groups is 1. The van der Waals surface area contributed by atoms with Crippen LogP contribution in [0.2, 0.25) is 0 Å². The lowest BCUT2D eigenvalue weighted by Crippen LogP contribution is -2.26. The predicted octanol–water partition coefficient (Wildman–Crippen LogP) is 0.754. The van der Waals surface area contributed by atoms with Gasteiger partial charge in [-0.25, -0.2) is 0 Å². The molecule has 1 amide bonds. The first-order valence-electron chi connectivity index (χ1n) is 5.00. The van der Waals surface area contributed by atoms with E-state index in [4.69, 9.17) is 15.7 Å². The summed E-state index contributed by atoms with van der Waals surface area (Å²) in [5.41, 5.74) is 6.60. The lowest BCUT2D eigenvalue weighted by Gasteiger charge is -2.10. The number of nitrogens with two attached hydrogens (primary N) is 1. The number of hydrogen-bond donors (Lipinski definition) is 3. The SMILES string of the molecule is COC(C)C(=O)Nc1ccc(/C(N)=N/O)cc1. The molecule has 0 aromatic heterocycles. The molecule has 0 aliphatic rings. The van der Waals surface area contributed by atoms with Gasteiger partial charge < -0.3 is 21.0 Å². The van der Waals surface area contributed by atoms with Crippen molar-refractivity contribution in [2.45, 2.75) is 13.0 Å².